The van der Waals surface area contributed by atoms with Crippen LogP contribution in [-0.4, -0.2) is 37.6 Å². The van der Waals surface area contributed by atoms with E-state index in [0.29, 0.717) is 41.4 Å². The van der Waals surface area contributed by atoms with Crippen molar-refractivity contribution in [3.8, 4) is 11.5 Å². The topological polar surface area (TPSA) is 92.8 Å². The summed E-state index contributed by atoms with van der Waals surface area (Å²) in [6, 6.07) is 22.6. The van der Waals surface area contributed by atoms with Gasteiger partial charge in [-0.2, -0.15) is 0 Å². The molecule has 2 amide bonds. The van der Waals surface area contributed by atoms with Gasteiger partial charge in [0, 0.05) is 49.5 Å². The minimum absolute atomic E-state index is 0.231. The zero-order valence-corrected chi connectivity index (χ0v) is 21.9. The molecule has 8 nitrogen and oxygen atoms in total. The van der Waals surface area contributed by atoms with E-state index in [0.717, 1.165) is 24.2 Å². The number of fused-ring (bicyclic) bond motifs is 1. The second-order valence-corrected chi connectivity index (χ2v) is 9.24. The smallest absolute Gasteiger partial charge is 0.259 e. The monoisotopic (exact) mass is 522 g/mol. The number of hydrogen-bond donors (Lipinski definition) is 2. The molecular formula is C31H30N4O4. The van der Waals surface area contributed by atoms with Gasteiger partial charge in [0.05, 0.1) is 25.3 Å². The van der Waals surface area contributed by atoms with Crippen LogP contribution in [0.1, 0.15) is 37.4 Å². The number of anilines is 2. The Balaban J connectivity index is 1.43. The second-order valence-electron chi connectivity index (χ2n) is 9.24. The summed E-state index contributed by atoms with van der Waals surface area (Å²) in [6.45, 7) is 1.83. The first kappa shape index (κ1) is 25.8. The number of rotatable bonds is 8. The summed E-state index contributed by atoms with van der Waals surface area (Å²) in [5, 5.41) is 5.92. The standard InChI is InChI=1S/C31H30N4O4/c1-38-25-10-11-26(29(17-25)39-2)31(37)34-24-9-12-28(35-15-13-22-7-3-4-8-23(22)20-35)27(16-24)30(36)33-19-21-6-5-14-32-18-21/h3-12,14,16-18H,13,15,19-20H2,1-2H3,(H,33,36)(H,34,37). The van der Waals surface area contributed by atoms with Crippen LogP contribution in [0.2, 0.25) is 0 Å². The van der Waals surface area contributed by atoms with Crippen molar-refractivity contribution in [2.24, 2.45) is 0 Å². The number of carbonyl (C=O) groups excluding carboxylic acids is 2. The fourth-order valence-corrected chi connectivity index (χ4v) is 4.74. The van der Waals surface area contributed by atoms with E-state index in [1.165, 1.54) is 18.2 Å². The zero-order valence-electron chi connectivity index (χ0n) is 21.9. The van der Waals surface area contributed by atoms with Crippen LogP contribution < -0.4 is 25.0 Å². The lowest BCUT2D eigenvalue weighted by Crippen LogP contribution is -2.33. The average molecular weight is 523 g/mol. The first-order chi connectivity index (χ1) is 19.1. The normalized spacial score (nSPS) is 12.3. The SMILES string of the molecule is COc1ccc(C(=O)Nc2ccc(N3CCc4ccccc4C3)c(C(=O)NCc3cccnc3)c2)c(OC)c1. The third-order valence-electron chi connectivity index (χ3n) is 6.80. The maximum absolute atomic E-state index is 13.5. The largest absolute Gasteiger partial charge is 0.497 e. The highest BCUT2D eigenvalue weighted by Crippen LogP contribution is 2.31. The van der Waals surface area contributed by atoms with Crippen LogP contribution in [0.4, 0.5) is 11.4 Å². The van der Waals surface area contributed by atoms with Crippen molar-refractivity contribution < 1.29 is 19.1 Å². The molecule has 0 saturated carbocycles. The summed E-state index contributed by atoms with van der Waals surface area (Å²) >= 11 is 0. The number of benzene rings is 3. The number of nitrogens with zero attached hydrogens (tertiary/aromatic N) is 2. The third-order valence-corrected chi connectivity index (χ3v) is 6.80. The van der Waals surface area contributed by atoms with Crippen molar-refractivity contribution in [2.45, 2.75) is 19.5 Å². The van der Waals surface area contributed by atoms with Crippen LogP contribution in [0.15, 0.2) is 85.2 Å². The minimum Gasteiger partial charge on any atom is -0.497 e. The molecule has 39 heavy (non-hydrogen) atoms. The van der Waals surface area contributed by atoms with E-state index in [-0.39, 0.29) is 11.8 Å². The lowest BCUT2D eigenvalue weighted by Gasteiger charge is -2.32. The highest BCUT2D eigenvalue weighted by atomic mass is 16.5. The van der Waals surface area contributed by atoms with Gasteiger partial charge in [0.25, 0.3) is 11.8 Å². The Morgan fingerprint density at radius 3 is 2.51 bits per heavy atom. The van der Waals surface area contributed by atoms with E-state index in [1.54, 1.807) is 43.8 Å². The molecule has 0 fully saturated rings. The van der Waals surface area contributed by atoms with Crippen molar-refractivity contribution in [1.82, 2.24) is 10.3 Å². The van der Waals surface area contributed by atoms with Crippen molar-refractivity contribution in [3.63, 3.8) is 0 Å². The van der Waals surface area contributed by atoms with Gasteiger partial charge in [-0.25, -0.2) is 0 Å². The van der Waals surface area contributed by atoms with Gasteiger partial charge in [-0.3, -0.25) is 14.6 Å². The van der Waals surface area contributed by atoms with E-state index in [9.17, 15) is 9.59 Å². The van der Waals surface area contributed by atoms with Crippen molar-refractivity contribution in [3.05, 3.63) is 113 Å². The van der Waals surface area contributed by atoms with E-state index in [2.05, 4.69) is 38.7 Å². The number of pyridine rings is 1. The minimum atomic E-state index is -0.351. The molecule has 0 atom stereocenters. The summed E-state index contributed by atoms with van der Waals surface area (Å²) in [7, 11) is 3.06. The molecule has 0 radical (unpaired) electrons. The van der Waals surface area contributed by atoms with Gasteiger partial charge in [0.2, 0.25) is 0 Å². The van der Waals surface area contributed by atoms with Crippen molar-refractivity contribution in [1.29, 1.82) is 0 Å². The van der Waals surface area contributed by atoms with E-state index >= 15 is 0 Å². The predicted molar refractivity (Wildman–Crippen MR) is 151 cm³/mol. The van der Waals surface area contributed by atoms with Gasteiger partial charge in [0.1, 0.15) is 11.5 Å². The molecule has 1 aliphatic rings. The molecule has 2 N–H and O–H groups in total. The van der Waals surface area contributed by atoms with Gasteiger partial charge in [-0.05, 0) is 59.5 Å². The lowest BCUT2D eigenvalue weighted by atomic mass is 9.98. The fourth-order valence-electron chi connectivity index (χ4n) is 4.74. The molecule has 0 bridgehead atoms. The van der Waals surface area contributed by atoms with Gasteiger partial charge in [-0.1, -0.05) is 30.3 Å². The highest BCUT2D eigenvalue weighted by Gasteiger charge is 2.22. The number of ether oxygens (including phenoxy) is 2. The molecule has 3 aromatic carbocycles. The molecule has 198 valence electrons. The summed E-state index contributed by atoms with van der Waals surface area (Å²) in [6.07, 6.45) is 4.31. The van der Waals surface area contributed by atoms with Gasteiger partial charge < -0.3 is 25.0 Å². The first-order valence-electron chi connectivity index (χ1n) is 12.7. The van der Waals surface area contributed by atoms with Crippen LogP contribution >= 0.6 is 0 Å². The Bertz CT molecular complexity index is 1490. The summed E-state index contributed by atoms with van der Waals surface area (Å²) in [5.74, 6) is 0.398. The molecule has 1 aromatic heterocycles. The zero-order chi connectivity index (χ0) is 27.2. The highest BCUT2D eigenvalue weighted by molar-refractivity contribution is 6.08. The van der Waals surface area contributed by atoms with Crippen molar-refractivity contribution >= 4 is 23.2 Å². The quantitative estimate of drug-likeness (QED) is 0.344. The summed E-state index contributed by atoms with van der Waals surface area (Å²) < 4.78 is 10.6. The van der Waals surface area contributed by atoms with Gasteiger partial charge in [-0.15, -0.1) is 0 Å². The van der Waals surface area contributed by atoms with Crippen LogP contribution in [-0.2, 0) is 19.5 Å². The second kappa shape index (κ2) is 11.7. The molecule has 8 heteroatoms. The van der Waals surface area contributed by atoms with Crippen LogP contribution in [0.5, 0.6) is 11.5 Å². The molecule has 0 aliphatic carbocycles. The third kappa shape index (κ3) is 5.85. The molecular weight excluding hydrogens is 492 g/mol. The maximum Gasteiger partial charge on any atom is 0.259 e. The fraction of sp³-hybridized carbons (Fsp3) is 0.194. The molecule has 2 heterocycles. The maximum atomic E-state index is 13.5. The molecule has 0 spiro atoms. The molecule has 4 aromatic rings. The Morgan fingerprint density at radius 1 is 0.897 bits per heavy atom. The number of carbonyl (C=O) groups is 2. The van der Waals surface area contributed by atoms with Crippen molar-refractivity contribution in [2.75, 3.05) is 31.0 Å². The predicted octanol–water partition coefficient (Wildman–Crippen LogP) is 4.84. The molecule has 1 aliphatic heterocycles. The lowest BCUT2D eigenvalue weighted by molar-refractivity contribution is 0.0949. The summed E-state index contributed by atoms with van der Waals surface area (Å²) in [5.41, 5.74) is 5.63. The number of hydrogen-bond acceptors (Lipinski definition) is 6. The van der Waals surface area contributed by atoms with Gasteiger partial charge in [0.15, 0.2) is 0 Å². The number of aromatic nitrogens is 1. The Hall–Kier alpha value is -4.85. The van der Waals surface area contributed by atoms with Crippen LogP contribution in [0, 0.1) is 0 Å². The number of amides is 2. The van der Waals surface area contributed by atoms with Crippen LogP contribution in [0.25, 0.3) is 0 Å². The van der Waals surface area contributed by atoms with E-state index < -0.39 is 0 Å². The van der Waals surface area contributed by atoms with E-state index in [4.69, 9.17) is 9.47 Å². The van der Waals surface area contributed by atoms with Gasteiger partial charge >= 0.3 is 0 Å². The Morgan fingerprint density at radius 2 is 1.74 bits per heavy atom. The number of nitrogens with one attached hydrogen (secondary N) is 2. The van der Waals surface area contributed by atoms with E-state index in [1.807, 2.05) is 30.3 Å². The number of methoxy groups -OCH3 is 2. The average Bonchev–Trinajstić information content (AvgIpc) is 2.99. The first-order valence-corrected chi connectivity index (χ1v) is 12.7. The molecule has 5 rings (SSSR count). The van der Waals surface area contributed by atoms with Crippen LogP contribution in [0.3, 0.4) is 0 Å². The molecule has 0 saturated heterocycles. The Labute approximate surface area is 227 Å². The Kier molecular flexibility index (Phi) is 7.73. The molecule has 0 unspecified atom stereocenters. The summed E-state index contributed by atoms with van der Waals surface area (Å²) in [4.78, 5) is 33.0.